The molecule has 1 amide bonds. The van der Waals surface area contributed by atoms with E-state index in [4.69, 9.17) is 4.74 Å². The van der Waals surface area contributed by atoms with Gasteiger partial charge in [-0.05, 0) is 62.3 Å². The zero-order valence-electron chi connectivity index (χ0n) is 16.5. The Morgan fingerprint density at radius 2 is 2.00 bits per heavy atom. The number of allylic oxidation sites excluding steroid dienone is 1. The molecule has 0 bridgehead atoms. The number of aromatic nitrogens is 1. The number of benzene rings is 1. The molecule has 28 heavy (non-hydrogen) atoms. The second-order valence-corrected chi connectivity index (χ2v) is 7.03. The van der Waals surface area contributed by atoms with Crippen LogP contribution in [0.1, 0.15) is 48.0 Å². The van der Waals surface area contributed by atoms with E-state index in [1.165, 1.54) is 25.7 Å². The van der Waals surface area contributed by atoms with Gasteiger partial charge in [-0.25, -0.2) is 4.98 Å². The fourth-order valence-electron chi connectivity index (χ4n) is 3.44. The molecule has 1 aliphatic carbocycles. The van der Waals surface area contributed by atoms with Crippen molar-refractivity contribution >= 4 is 11.7 Å². The van der Waals surface area contributed by atoms with Crippen LogP contribution in [-0.4, -0.2) is 31.1 Å². The highest BCUT2D eigenvalue weighted by Crippen LogP contribution is 2.20. The molecule has 0 spiro atoms. The number of hydrogen-bond donors (Lipinski definition) is 2. The standard InChI is InChI=1S/C23H29N3O2/c1-28-21-10-6-5-9-19(21)14-16-25-23(27)20-11-12-22(26-17-20)24-15-13-18-7-3-2-4-8-18/h5-7,9-12,17H,2-4,8,13-16H2,1H3,(H,24,26)(H,25,27). The van der Waals surface area contributed by atoms with Gasteiger partial charge in [0.25, 0.3) is 5.91 Å². The number of rotatable bonds is 9. The lowest BCUT2D eigenvalue weighted by Gasteiger charge is -2.13. The predicted molar refractivity (Wildman–Crippen MR) is 113 cm³/mol. The summed E-state index contributed by atoms with van der Waals surface area (Å²) in [6, 6.07) is 11.5. The monoisotopic (exact) mass is 379 g/mol. The lowest BCUT2D eigenvalue weighted by Crippen LogP contribution is -2.26. The Hall–Kier alpha value is -2.82. The number of nitrogens with one attached hydrogen (secondary N) is 2. The van der Waals surface area contributed by atoms with Gasteiger partial charge in [-0.1, -0.05) is 29.8 Å². The summed E-state index contributed by atoms with van der Waals surface area (Å²) in [5.41, 5.74) is 3.20. The molecule has 2 N–H and O–H groups in total. The SMILES string of the molecule is COc1ccccc1CCNC(=O)c1ccc(NCCC2=CCCCC2)nc1. The van der Waals surface area contributed by atoms with Crippen LogP contribution in [0.2, 0.25) is 0 Å². The third-order valence-corrected chi connectivity index (χ3v) is 5.04. The van der Waals surface area contributed by atoms with Crippen LogP contribution in [0.5, 0.6) is 5.75 Å². The summed E-state index contributed by atoms with van der Waals surface area (Å²) in [5.74, 6) is 1.54. The van der Waals surface area contributed by atoms with E-state index in [0.29, 0.717) is 12.1 Å². The first-order chi connectivity index (χ1) is 13.8. The van der Waals surface area contributed by atoms with Gasteiger partial charge in [-0.3, -0.25) is 4.79 Å². The summed E-state index contributed by atoms with van der Waals surface area (Å²) >= 11 is 0. The maximum Gasteiger partial charge on any atom is 0.252 e. The summed E-state index contributed by atoms with van der Waals surface area (Å²) in [6.45, 7) is 1.43. The molecule has 0 aliphatic heterocycles. The summed E-state index contributed by atoms with van der Waals surface area (Å²) in [4.78, 5) is 16.7. The first-order valence-corrected chi connectivity index (χ1v) is 10.0. The van der Waals surface area contributed by atoms with E-state index < -0.39 is 0 Å². The molecular formula is C23H29N3O2. The number of anilines is 1. The van der Waals surface area contributed by atoms with Crippen molar-refractivity contribution < 1.29 is 9.53 Å². The van der Waals surface area contributed by atoms with E-state index in [1.807, 2.05) is 36.4 Å². The molecule has 1 heterocycles. The fourth-order valence-corrected chi connectivity index (χ4v) is 3.44. The quantitative estimate of drug-likeness (QED) is 0.635. The average molecular weight is 380 g/mol. The second-order valence-electron chi connectivity index (χ2n) is 7.03. The molecular weight excluding hydrogens is 350 g/mol. The summed E-state index contributed by atoms with van der Waals surface area (Å²) in [5, 5.41) is 6.28. The average Bonchev–Trinajstić information content (AvgIpc) is 2.75. The molecule has 0 unspecified atom stereocenters. The highest BCUT2D eigenvalue weighted by molar-refractivity contribution is 5.94. The van der Waals surface area contributed by atoms with Crippen molar-refractivity contribution in [1.82, 2.24) is 10.3 Å². The van der Waals surface area contributed by atoms with E-state index in [1.54, 1.807) is 18.9 Å². The number of nitrogens with zero attached hydrogens (tertiary/aromatic N) is 1. The van der Waals surface area contributed by atoms with Crippen LogP contribution in [0.15, 0.2) is 54.2 Å². The molecule has 5 heteroatoms. The number of carbonyl (C=O) groups excluding carboxylic acids is 1. The molecule has 0 atom stereocenters. The van der Waals surface area contributed by atoms with E-state index in [9.17, 15) is 4.79 Å². The number of amides is 1. The molecule has 1 aliphatic rings. The van der Waals surface area contributed by atoms with Gasteiger partial charge in [0.1, 0.15) is 11.6 Å². The van der Waals surface area contributed by atoms with Gasteiger partial charge in [0, 0.05) is 19.3 Å². The Kier molecular flexibility index (Phi) is 7.47. The third kappa shape index (κ3) is 5.84. The Labute approximate surface area is 167 Å². The first kappa shape index (κ1) is 19.9. The Balaban J connectivity index is 1.42. The topological polar surface area (TPSA) is 63.2 Å². The minimum atomic E-state index is -0.110. The smallest absolute Gasteiger partial charge is 0.252 e. The third-order valence-electron chi connectivity index (χ3n) is 5.04. The fraction of sp³-hybridized carbons (Fsp3) is 0.391. The van der Waals surface area contributed by atoms with E-state index in [-0.39, 0.29) is 5.91 Å². The molecule has 3 rings (SSSR count). The zero-order valence-corrected chi connectivity index (χ0v) is 16.5. The van der Waals surface area contributed by atoms with E-state index in [0.717, 1.165) is 36.5 Å². The van der Waals surface area contributed by atoms with Gasteiger partial charge >= 0.3 is 0 Å². The van der Waals surface area contributed by atoms with Gasteiger partial charge < -0.3 is 15.4 Å². The van der Waals surface area contributed by atoms with Gasteiger partial charge in [0.15, 0.2) is 0 Å². The minimum absolute atomic E-state index is 0.110. The minimum Gasteiger partial charge on any atom is -0.496 e. The van der Waals surface area contributed by atoms with Crippen LogP contribution in [0.4, 0.5) is 5.82 Å². The molecule has 0 saturated carbocycles. The van der Waals surface area contributed by atoms with Gasteiger partial charge in [0.05, 0.1) is 12.7 Å². The molecule has 2 aromatic rings. The van der Waals surface area contributed by atoms with Crippen molar-refractivity contribution in [2.45, 2.75) is 38.5 Å². The lowest BCUT2D eigenvalue weighted by molar-refractivity contribution is 0.0953. The van der Waals surface area contributed by atoms with Crippen molar-refractivity contribution in [2.24, 2.45) is 0 Å². The van der Waals surface area contributed by atoms with Gasteiger partial charge in [-0.15, -0.1) is 0 Å². The summed E-state index contributed by atoms with van der Waals surface area (Å²) in [7, 11) is 1.66. The largest absolute Gasteiger partial charge is 0.496 e. The Morgan fingerprint density at radius 1 is 1.11 bits per heavy atom. The van der Waals surface area contributed by atoms with Crippen LogP contribution in [-0.2, 0) is 6.42 Å². The van der Waals surface area contributed by atoms with Crippen LogP contribution >= 0.6 is 0 Å². The first-order valence-electron chi connectivity index (χ1n) is 10.0. The number of hydrogen-bond acceptors (Lipinski definition) is 4. The normalized spacial score (nSPS) is 13.5. The molecule has 0 radical (unpaired) electrons. The van der Waals surface area contributed by atoms with Crippen molar-refractivity contribution in [1.29, 1.82) is 0 Å². The Morgan fingerprint density at radius 3 is 2.75 bits per heavy atom. The number of carbonyl (C=O) groups is 1. The number of methoxy groups -OCH3 is 1. The number of para-hydroxylation sites is 1. The molecule has 0 saturated heterocycles. The van der Waals surface area contributed by atoms with E-state index in [2.05, 4.69) is 21.7 Å². The summed E-state index contributed by atoms with van der Waals surface area (Å²) in [6.07, 6.45) is 10.9. The van der Waals surface area contributed by atoms with Crippen molar-refractivity contribution in [3.05, 3.63) is 65.4 Å². The van der Waals surface area contributed by atoms with Gasteiger partial charge in [0.2, 0.25) is 0 Å². The maximum absolute atomic E-state index is 12.3. The molecule has 1 aromatic heterocycles. The molecule has 1 aromatic carbocycles. The predicted octanol–water partition coefficient (Wildman–Crippen LogP) is 4.37. The van der Waals surface area contributed by atoms with Crippen molar-refractivity contribution in [3.63, 3.8) is 0 Å². The Bertz CT molecular complexity index is 800. The maximum atomic E-state index is 12.3. The van der Waals surface area contributed by atoms with Crippen LogP contribution in [0.3, 0.4) is 0 Å². The van der Waals surface area contributed by atoms with Crippen molar-refractivity contribution in [3.8, 4) is 5.75 Å². The van der Waals surface area contributed by atoms with Crippen LogP contribution in [0.25, 0.3) is 0 Å². The van der Waals surface area contributed by atoms with E-state index >= 15 is 0 Å². The second kappa shape index (κ2) is 10.5. The molecule has 5 nitrogen and oxygen atoms in total. The number of pyridine rings is 1. The zero-order chi connectivity index (χ0) is 19.6. The molecule has 0 fully saturated rings. The highest BCUT2D eigenvalue weighted by atomic mass is 16.5. The van der Waals surface area contributed by atoms with Crippen molar-refractivity contribution in [2.75, 3.05) is 25.5 Å². The molecule has 148 valence electrons. The van der Waals surface area contributed by atoms with Crippen LogP contribution in [0, 0.1) is 0 Å². The van der Waals surface area contributed by atoms with Gasteiger partial charge in [-0.2, -0.15) is 0 Å². The number of ether oxygens (including phenoxy) is 1. The van der Waals surface area contributed by atoms with Crippen LogP contribution < -0.4 is 15.4 Å². The summed E-state index contributed by atoms with van der Waals surface area (Å²) < 4.78 is 5.34. The highest BCUT2D eigenvalue weighted by Gasteiger charge is 2.08. The lowest BCUT2D eigenvalue weighted by atomic mass is 9.97.